The van der Waals surface area contributed by atoms with E-state index in [1.165, 1.54) is 0 Å². The highest BCUT2D eigenvalue weighted by Crippen LogP contribution is 2.68. The number of hydrogen-bond donors (Lipinski definition) is 5. The summed E-state index contributed by atoms with van der Waals surface area (Å²) in [5.74, 6) is 1.55. The molecule has 0 aliphatic heterocycles. The van der Waals surface area contributed by atoms with Crippen LogP contribution >= 0.6 is 0 Å². The first-order valence-electron chi connectivity index (χ1n) is 13.4. The van der Waals surface area contributed by atoms with Crippen molar-refractivity contribution < 1.29 is 25.5 Å². The van der Waals surface area contributed by atoms with E-state index in [-0.39, 0.29) is 47.2 Å². The van der Waals surface area contributed by atoms with E-state index < -0.39 is 18.3 Å². The van der Waals surface area contributed by atoms with Gasteiger partial charge in [-0.1, -0.05) is 40.5 Å². The number of rotatable bonds is 6. The Morgan fingerprint density at radius 3 is 2.22 bits per heavy atom. The fourth-order valence-corrected chi connectivity index (χ4v) is 9.45. The molecule has 5 nitrogen and oxygen atoms in total. The molecule has 13 atom stereocenters. The fraction of sp³-hybridized carbons (Fsp3) is 1.00. The molecule has 4 aliphatic rings. The van der Waals surface area contributed by atoms with Crippen molar-refractivity contribution >= 4 is 0 Å². The number of aliphatic hydroxyl groups is 5. The molecule has 4 aliphatic carbocycles. The van der Waals surface area contributed by atoms with Crippen molar-refractivity contribution in [1.29, 1.82) is 0 Å². The van der Waals surface area contributed by atoms with Gasteiger partial charge in [0.25, 0.3) is 0 Å². The van der Waals surface area contributed by atoms with Crippen LogP contribution in [0.25, 0.3) is 0 Å². The Morgan fingerprint density at radius 1 is 0.844 bits per heavy atom. The third-order valence-corrected chi connectivity index (χ3v) is 11.1. The van der Waals surface area contributed by atoms with Gasteiger partial charge in [0.15, 0.2) is 0 Å². The number of hydrogen-bond acceptors (Lipinski definition) is 5. The highest BCUT2D eigenvalue weighted by Gasteiger charge is 2.67. The van der Waals surface area contributed by atoms with E-state index in [0.717, 1.165) is 44.9 Å². The molecular formula is C27H48O5. The van der Waals surface area contributed by atoms with E-state index >= 15 is 0 Å². The van der Waals surface area contributed by atoms with Crippen molar-refractivity contribution in [1.82, 2.24) is 0 Å². The second kappa shape index (κ2) is 9.11. The lowest BCUT2D eigenvalue weighted by Gasteiger charge is -2.62. The lowest BCUT2D eigenvalue weighted by molar-refractivity contribution is -0.181. The van der Waals surface area contributed by atoms with Crippen LogP contribution in [0.1, 0.15) is 85.5 Å². The molecule has 5 N–H and O–H groups in total. The van der Waals surface area contributed by atoms with E-state index in [1.807, 2.05) is 0 Å². The molecule has 4 fully saturated rings. The van der Waals surface area contributed by atoms with Crippen LogP contribution in [0.4, 0.5) is 0 Å². The molecule has 0 aromatic heterocycles. The maximum absolute atomic E-state index is 11.4. The van der Waals surface area contributed by atoms with Crippen molar-refractivity contribution in [2.75, 3.05) is 6.61 Å². The Balaban J connectivity index is 1.55. The molecule has 32 heavy (non-hydrogen) atoms. The van der Waals surface area contributed by atoms with Crippen molar-refractivity contribution in [2.45, 2.75) is 110 Å². The molecule has 0 aromatic rings. The predicted molar refractivity (Wildman–Crippen MR) is 125 cm³/mol. The molecule has 0 unspecified atom stereocenters. The maximum atomic E-state index is 11.4. The molecule has 186 valence electrons. The summed E-state index contributed by atoms with van der Waals surface area (Å²) < 4.78 is 0. The summed E-state index contributed by atoms with van der Waals surface area (Å²) in [6, 6.07) is 0. The van der Waals surface area contributed by atoms with Gasteiger partial charge in [0.2, 0.25) is 0 Å². The lowest BCUT2D eigenvalue weighted by atomic mass is 9.43. The third kappa shape index (κ3) is 3.88. The van der Waals surface area contributed by atoms with Gasteiger partial charge in [0.05, 0.1) is 24.4 Å². The van der Waals surface area contributed by atoms with Gasteiger partial charge in [-0.25, -0.2) is 0 Å². The Bertz CT molecular complexity index is 656. The van der Waals surface area contributed by atoms with Gasteiger partial charge in [-0.2, -0.15) is 0 Å². The van der Waals surface area contributed by atoms with Crippen LogP contribution in [0.2, 0.25) is 0 Å². The molecule has 4 rings (SSSR count). The van der Waals surface area contributed by atoms with Crippen molar-refractivity contribution in [2.24, 2.45) is 52.3 Å². The largest absolute Gasteiger partial charge is 0.396 e. The van der Waals surface area contributed by atoms with Crippen LogP contribution in [-0.4, -0.2) is 56.6 Å². The molecule has 0 aromatic carbocycles. The molecule has 4 saturated carbocycles. The third-order valence-electron chi connectivity index (χ3n) is 11.1. The average molecular weight is 453 g/mol. The van der Waals surface area contributed by atoms with Gasteiger partial charge in [-0.15, -0.1) is 0 Å². The molecule has 0 bridgehead atoms. The predicted octanol–water partition coefficient (Wildman–Crippen LogP) is 3.35. The summed E-state index contributed by atoms with van der Waals surface area (Å²) in [6.07, 6.45) is 6.14. The molecular weight excluding hydrogens is 404 g/mol. The highest BCUT2D eigenvalue weighted by molar-refractivity contribution is 5.15. The summed E-state index contributed by atoms with van der Waals surface area (Å²) >= 11 is 0. The van der Waals surface area contributed by atoms with E-state index in [9.17, 15) is 25.5 Å². The first kappa shape index (κ1) is 24.9. The van der Waals surface area contributed by atoms with Crippen LogP contribution in [0.15, 0.2) is 0 Å². The van der Waals surface area contributed by atoms with Gasteiger partial charge >= 0.3 is 0 Å². The molecule has 0 saturated heterocycles. The van der Waals surface area contributed by atoms with Gasteiger partial charge in [-0.3, -0.25) is 0 Å². The molecule has 0 spiro atoms. The van der Waals surface area contributed by atoms with Crippen LogP contribution in [0.3, 0.4) is 0 Å². The Hall–Kier alpha value is -0.200. The second-order valence-electron chi connectivity index (χ2n) is 12.9. The van der Waals surface area contributed by atoms with Crippen molar-refractivity contribution in [3.63, 3.8) is 0 Å². The van der Waals surface area contributed by atoms with Crippen LogP contribution in [0, 0.1) is 52.3 Å². The zero-order valence-electron chi connectivity index (χ0n) is 20.7. The van der Waals surface area contributed by atoms with Crippen molar-refractivity contribution in [3.8, 4) is 0 Å². The van der Waals surface area contributed by atoms with Gasteiger partial charge in [0.1, 0.15) is 0 Å². The maximum Gasteiger partial charge on any atom is 0.0838 e. The Labute approximate surface area is 194 Å². The summed E-state index contributed by atoms with van der Waals surface area (Å²) in [6.45, 7) is 9.16. The number of aliphatic hydroxyl groups excluding tert-OH is 5. The van der Waals surface area contributed by atoms with Crippen LogP contribution < -0.4 is 0 Å². The van der Waals surface area contributed by atoms with Crippen LogP contribution in [-0.2, 0) is 0 Å². The smallest absolute Gasteiger partial charge is 0.0838 e. The molecule has 0 heterocycles. The summed E-state index contributed by atoms with van der Waals surface area (Å²) in [4.78, 5) is 0. The first-order valence-corrected chi connectivity index (χ1v) is 13.4. The minimum Gasteiger partial charge on any atom is -0.396 e. The molecule has 5 heteroatoms. The molecule has 0 amide bonds. The first-order chi connectivity index (χ1) is 15.0. The minimum atomic E-state index is -0.724. The van der Waals surface area contributed by atoms with E-state index in [0.29, 0.717) is 30.6 Å². The van der Waals surface area contributed by atoms with E-state index in [4.69, 9.17) is 0 Å². The highest BCUT2D eigenvalue weighted by atomic mass is 16.3. The zero-order chi connectivity index (χ0) is 23.4. The standard InChI is InChI=1S/C27H48O5/c1-15(14-28)6-5-7-16(2)22-24(31)25(32)23-18-13-21(30)20-12-17(29)8-10-26(20,3)19(18)9-11-27(22,23)4/h15-25,28-32H,5-14H2,1-4H3/t15-,16+,17-,18+,19-,20+,21+,22-,23+,24+,25+,26+,27+/m0/s1. The lowest BCUT2D eigenvalue weighted by Crippen LogP contribution is -2.59. The summed E-state index contributed by atoms with van der Waals surface area (Å²) in [7, 11) is 0. The van der Waals surface area contributed by atoms with Crippen LogP contribution in [0.5, 0.6) is 0 Å². The van der Waals surface area contributed by atoms with Gasteiger partial charge < -0.3 is 25.5 Å². The fourth-order valence-electron chi connectivity index (χ4n) is 9.45. The second-order valence-corrected chi connectivity index (χ2v) is 12.9. The van der Waals surface area contributed by atoms with E-state index in [1.54, 1.807) is 0 Å². The Kier molecular flexibility index (Phi) is 7.09. The minimum absolute atomic E-state index is 0.0116. The molecule has 0 radical (unpaired) electrons. The Morgan fingerprint density at radius 2 is 1.53 bits per heavy atom. The average Bonchev–Trinajstić information content (AvgIpc) is 2.94. The normalized spacial score (nSPS) is 52.6. The summed E-state index contributed by atoms with van der Waals surface area (Å²) in [5.41, 5.74) is -0.100. The van der Waals surface area contributed by atoms with E-state index in [2.05, 4.69) is 27.7 Å². The zero-order valence-corrected chi connectivity index (χ0v) is 20.7. The number of fused-ring (bicyclic) bond motifs is 5. The van der Waals surface area contributed by atoms with Crippen molar-refractivity contribution in [3.05, 3.63) is 0 Å². The SMILES string of the molecule is C[C@H](CO)CCC[C@@H](C)[C@H]1[C@@H](O)[C@H](O)[C@H]2[C@@H]3C[C@@H](O)[C@H]4C[C@@H](O)CC[C@]4(C)[C@H]3CC[C@]12C. The monoisotopic (exact) mass is 452 g/mol. The topological polar surface area (TPSA) is 101 Å². The van der Waals surface area contributed by atoms with Gasteiger partial charge in [0, 0.05) is 6.61 Å². The van der Waals surface area contributed by atoms with Gasteiger partial charge in [-0.05, 0) is 97.2 Å². The quantitative estimate of drug-likeness (QED) is 0.425. The summed E-state index contributed by atoms with van der Waals surface area (Å²) in [5, 5.41) is 53.4.